The Labute approximate surface area is 52.7 Å². The molecule has 0 rings (SSSR count). The molecule has 1 radical (unpaired) electrons. The third-order valence-corrected chi connectivity index (χ3v) is 0. The van der Waals surface area contributed by atoms with Crippen molar-refractivity contribution in [3.8, 4) is 0 Å². The fourth-order valence-corrected chi connectivity index (χ4v) is 0. The van der Waals surface area contributed by atoms with Crippen molar-refractivity contribution in [3.63, 3.8) is 0 Å². The van der Waals surface area contributed by atoms with Gasteiger partial charge in [0.25, 0.3) is 0 Å². The third-order valence-electron chi connectivity index (χ3n) is 0. The van der Waals surface area contributed by atoms with Crippen LogP contribution in [-0.2, 0) is 23.1 Å². The zero-order valence-electron chi connectivity index (χ0n) is 3.36. The van der Waals surface area contributed by atoms with E-state index in [-0.39, 0.29) is 38.8 Å². The molecule has 4 heteroatoms. The number of hydrogen-bond acceptors (Lipinski definition) is 1. The molecular formula is H2LiOPV. The average Bonchev–Trinajstić information content (AvgIpc) is 1.00. The summed E-state index contributed by atoms with van der Waals surface area (Å²) in [5, 5.41) is 0. The van der Waals surface area contributed by atoms with Crippen LogP contribution in [0.1, 0.15) is 1.43 Å². The van der Waals surface area contributed by atoms with E-state index in [0.29, 0.717) is 0 Å². The molecule has 0 amide bonds. The van der Waals surface area contributed by atoms with E-state index in [1.807, 2.05) is 0 Å². The maximum atomic E-state index is 8.06. The van der Waals surface area contributed by atoms with Crippen LogP contribution in [0.2, 0.25) is 0 Å². The van der Waals surface area contributed by atoms with Crippen LogP contribution in [-0.4, -0.2) is 0 Å². The largest absolute Gasteiger partial charge is 1.00 e. The quantitative estimate of drug-likeness (QED) is 0.249. The SMILES string of the molecule is O=P.[H-].[Li+].[V]. The molecule has 0 bridgehead atoms. The second kappa shape index (κ2) is 28.1. The summed E-state index contributed by atoms with van der Waals surface area (Å²) in [6, 6.07) is 0. The Morgan fingerprint density at radius 3 is 1.50 bits per heavy atom. The van der Waals surface area contributed by atoms with E-state index in [1.165, 1.54) is 0 Å². The minimum absolute atomic E-state index is 0. The van der Waals surface area contributed by atoms with Crippen molar-refractivity contribution in [3.05, 3.63) is 0 Å². The number of rotatable bonds is 0. The molecule has 0 heterocycles. The summed E-state index contributed by atoms with van der Waals surface area (Å²) in [5.41, 5.74) is 0. The topological polar surface area (TPSA) is 17.1 Å². The Kier molecular flexibility index (Phi) is 131. The van der Waals surface area contributed by atoms with Crippen molar-refractivity contribution in [2.45, 2.75) is 0 Å². The van der Waals surface area contributed by atoms with Gasteiger partial charge in [0.1, 0.15) is 9.12 Å². The summed E-state index contributed by atoms with van der Waals surface area (Å²) in [6.45, 7) is 0. The minimum Gasteiger partial charge on any atom is -1.00 e. The van der Waals surface area contributed by atoms with Crippen LogP contribution in [0.25, 0.3) is 0 Å². The second-order valence-electron chi connectivity index (χ2n) is 0. The minimum atomic E-state index is 0. The van der Waals surface area contributed by atoms with Crippen LogP contribution < -0.4 is 18.9 Å². The zero-order chi connectivity index (χ0) is 2.00. The molecular weight excluding hydrogens is 105 g/mol. The van der Waals surface area contributed by atoms with Crippen LogP contribution >= 0.6 is 9.12 Å². The van der Waals surface area contributed by atoms with Crippen LogP contribution in [0.3, 0.4) is 0 Å². The standard InChI is InChI=1S/Li.HOP.V.H/c;1-2;;/h;2H;;/q+1;;;-1. The zero-order valence-corrected chi connectivity index (χ0v) is 4.75. The smallest absolute Gasteiger partial charge is 1.00 e. The van der Waals surface area contributed by atoms with Gasteiger partial charge in [0.2, 0.25) is 0 Å². The maximum absolute atomic E-state index is 8.06. The van der Waals surface area contributed by atoms with E-state index in [4.69, 9.17) is 4.57 Å². The molecule has 0 aromatic heterocycles. The van der Waals surface area contributed by atoms with Gasteiger partial charge in [0, 0.05) is 18.6 Å². The van der Waals surface area contributed by atoms with Gasteiger partial charge in [-0.25, -0.2) is 0 Å². The molecule has 0 aliphatic heterocycles. The maximum Gasteiger partial charge on any atom is 1.00 e. The molecule has 0 unspecified atom stereocenters. The van der Waals surface area contributed by atoms with Gasteiger partial charge in [0.15, 0.2) is 0 Å². The molecule has 0 N–H and O–H groups in total. The van der Waals surface area contributed by atoms with Crippen molar-refractivity contribution in [1.29, 1.82) is 0 Å². The molecule has 0 atom stereocenters. The average molecular weight is 107 g/mol. The van der Waals surface area contributed by atoms with Crippen LogP contribution in [0.5, 0.6) is 0 Å². The molecule has 0 aromatic carbocycles. The molecule has 0 saturated carbocycles. The van der Waals surface area contributed by atoms with E-state index in [1.54, 1.807) is 9.12 Å². The first-order chi connectivity index (χ1) is 1.00. The molecule has 0 aliphatic rings. The first kappa shape index (κ1) is 18.6. The summed E-state index contributed by atoms with van der Waals surface area (Å²) in [4.78, 5) is 0. The van der Waals surface area contributed by atoms with Crippen molar-refractivity contribution in [2.24, 2.45) is 0 Å². The van der Waals surface area contributed by atoms with Gasteiger partial charge < -0.3 is 1.43 Å². The van der Waals surface area contributed by atoms with Crippen molar-refractivity contribution < 1.29 is 43.4 Å². The normalized spacial score (nSPS) is 1.00. The molecule has 4 heavy (non-hydrogen) atoms. The van der Waals surface area contributed by atoms with Gasteiger partial charge in [-0.1, -0.05) is 0 Å². The molecule has 0 aromatic rings. The Morgan fingerprint density at radius 1 is 1.50 bits per heavy atom. The van der Waals surface area contributed by atoms with E-state index in [2.05, 4.69) is 0 Å². The molecule has 0 fully saturated rings. The molecule has 0 spiro atoms. The van der Waals surface area contributed by atoms with Crippen LogP contribution in [0.4, 0.5) is 0 Å². The predicted molar refractivity (Wildman–Crippen MR) is 10.1 cm³/mol. The Balaban J connectivity index is -0.00000000167. The summed E-state index contributed by atoms with van der Waals surface area (Å²) in [7, 11) is 1.72. The molecule has 0 aliphatic carbocycles. The monoisotopic (exact) mass is 107 g/mol. The van der Waals surface area contributed by atoms with Gasteiger partial charge in [-0.3, -0.25) is 4.57 Å². The van der Waals surface area contributed by atoms with Crippen LogP contribution in [0, 0.1) is 0 Å². The first-order valence-electron chi connectivity index (χ1n) is 0.204. The van der Waals surface area contributed by atoms with Gasteiger partial charge in [-0.15, -0.1) is 0 Å². The summed E-state index contributed by atoms with van der Waals surface area (Å²) < 4.78 is 8.06. The van der Waals surface area contributed by atoms with E-state index < -0.39 is 0 Å². The molecule has 1 nitrogen and oxygen atoms in total. The van der Waals surface area contributed by atoms with Gasteiger partial charge >= 0.3 is 18.9 Å². The second-order valence-corrected chi connectivity index (χ2v) is 0. The van der Waals surface area contributed by atoms with Crippen molar-refractivity contribution >= 4 is 9.12 Å². The first-order valence-corrected chi connectivity index (χ1v) is 0.612. The summed E-state index contributed by atoms with van der Waals surface area (Å²) in [6.07, 6.45) is 0. The molecule has 0 saturated heterocycles. The van der Waals surface area contributed by atoms with Gasteiger partial charge in [-0.05, 0) is 0 Å². The Bertz CT molecular complexity index is 11.6. The Morgan fingerprint density at radius 2 is 1.50 bits per heavy atom. The fraction of sp³-hybridized carbons (Fsp3) is 0. The van der Waals surface area contributed by atoms with Gasteiger partial charge in [-0.2, -0.15) is 0 Å². The van der Waals surface area contributed by atoms with Gasteiger partial charge in [0.05, 0.1) is 0 Å². The fourth-order valence-electron chi connectivity index (χ4n) is 0. The summed E-state index contributed by atoms with van der Waals surface area (Å²) >= 11 is 0. The van der Waals surface area contributed by atoms with E-state index in [9.17, 15) is 0 Å². The van der Waals surface area contributed by atoms with Crippen molar-refractivity contribution in [1.82, 2.24) is 0 Å². The molecule has 19 valence electrons. The van der Waals surface area contributed by atoms with Crippen molar-refractivity contribution in [2.75, 3.05) is 0 Å². The number of hydrogen-bond donors (Lipinski definition) is 0. The van der Waals surface area contributed by atoms with E-state index >= 15 is 0 Å². The summed E-state index contributed by atoms with van der Waals surface area (Å²) in [5.74, 6) is 0. The van der Waals surface area contributed by atoms with Crippen LogP contribution in [0.15, 0.2) is 0 Å². The predicted octanol–water partition coefficient (Wildman–Crippen LogP) is -2.41. The Hall–Kier alpha value is 1.28. The van der Waals surface area contributed by atoms with E-state index in [0.717, 1.165) is 0 Å². The third kappa shape index (κ3) is 10.4.